The maximum Gasteiger partial charge on any atom is 0.270 e. The Bertz CT molecular complexity index is 1260. The van der Waals surface area contributed by atoms with E-state index in [0.717, 1.165) is 25.7 Å². The summed E-state index contributed by atoms with van der Waals surface area (Å²) < 4.78 is 5.37. The summed E-state index contributed by atoms with van der Waals surface area (Å²) >= 11 is 5.92. The van der Waals surface area contributed by atoms with Crippen LogP contribution in [0.15, 0.2) is 53.3 Å². The molecule has 1 aliphatic carbocycles. The zero-order chi connectivity index (χ0) is 24.1. The molecule has 8 nitrogen and oxygen atoms in total. The van der Waals surface area contributed by atoms with Crippen LogP contribution in [0.25, 0.3) is 11.3 Å². The molecule has 1 amide bonds. The van der Waals surface area contributed by atoms with Gasteiger partial charge in [0.25, 0.3) is 5.56 Å². The molecule has 174 valence electrons. The zero-order valence-electron chi connectivity index (χ0n) is 18.6. The van der Waals surface area contributed by atoms with Gasteiger partial charge in [0.15, 0.2) is 0 Å². The van der Waals surface area contributed by atoms with Gasteiger partial charge in [-0.05, 0) is 62.1 Å². The summed E-state index contributed by atoms with van der Waals surface area (Å²) in [6, 6.07) is 15.8. The minimum Gasteiger partial charge on any atom is -0.381 e. The van der Waals surface area contributed by atoms with Crippen LogP contribution in [0.3, 0.4) is 0 Å². The van der Waals surface area contributed by atoms with Gasteiger partial charge in [0.2, 0.25) is 11.9 Å². The van der Waals surface area contributed by atoms with E-state index in [2.05, 4.69) is 20.6 Å². The summed E-state index contributed by atoms with van der Waals surface area (Å²) in [4.78, 5) is 32.2. The molecule has 2 aromatic carbocycles. The fraction of sp³-hybridized carbons (Fsp3) is 0.280. The summed E-state index contributed by atoms with van der Waals surface area (Å²) in [5, 5.41) is 16.1. The van der Waals surface area contributed by atoms with Crippen molar-refractivity contribution >= 4 is 34.8 Å². The van der Waals surface area contributed by atoms with Gasteiger partial charge in [0, 0.05) is 35.0 Å². The SMILES string of the molecule is COC1CCC(C(=O)Nc2ccc(-c3nc(Nc4ccc(Cl)cc4)[nH]c(=O)c3C#N)cc2)CC1. The van der Waals surface area contributed by atoms with Gasteiger partial charge in [-0.3, -0.25) is 14.6 Å². The third-order valence-corrected chi connectivity index (χ3v) is 6.19. The lowest BCUT2D eigenvalue weighted by molar-refractivity contribution is -0.121. The highest BCUT2D eigenvalue weighted by atomic mass is 35.5. The lowest BCUT2D eigenvalue weighted by Crippen LogP contribution is -2.29. The van der Waals surface area contributed by atoms with Crippen molar-refractivity contribution in [1.29, 1.82) is 5.26 Å². The molecule has 1 heterocycles. The second-order valence-corrected chi connectivity index (χ2v) is 8.59. The van der Waals surface area contributed by atoms with Crippen molar-refractivity contribution in [2.75, 3.05) is 17.7 Å². The third kappa shape index (κ3) is 5.45. The molecule has 1 aromatic heterocycles. The zero-order valence-corrected chi connectivity index (χ0v) is 19.4. The smallest absolute Gasteiger partial charge is 0.270 e. The number of hydrogen-bond acceptors (Lipinski definition) is 6. The van der Waals surface area contributed by atoms with Crippen LogP contribution >= 0.6 is 11.6 Å². The quantitative estimate of drug-likeness (QED) is 0.466. The molecule has 3 N–H and O–H groups in total. The van der Waals surface area contributed by atoms with Gasteiger partial charge in [-0.25, -0.2) is 4.98 Å². The first kappa shape index (κ1) is 23.5. The number of nitriles is 1. The number of H-pyrrole nitrogens is 1. The molecule has 0 saturated heterocycles. The number of hydrogen-bond donors (Lipinski definition) is 3. The van der Waals surface area contributed by atoms with Gasteiger partial charge in [0.1, 0.15) is 11.6 Å². The molecule has 0 unspecified atom stereocenters. The number of nitrogens with one attached hydrogen (secondary N) is 3. The molecular formula is C25H24ClN5O3. The fourth-order valence-corrected chi connectivity index (χ4v) is 4.16. The Kier molecular flexibility index (Phi) is 7.26. The van der Waals surface area contributed by atoms with Gasteiger partial charge < -0.3 is 15.4 Å². The Morgan fingerprint density at radius 2 is 1.74 bits per heavy atom. The minimum atomic E-state index is -0.548. The molecule has 0 aliphatic heterocycles. The Morgan fingerprint density at radius 3 is 2.35 bits per heavy atom. The van der Waals surface area contributed by atoms with Crippen molar-refractivity contribution in [2.24, 2.45) is 5.92 Å². The van der Waals surface area contributed by atoms with Crippen LogP contribution in [0.4, 0.5) is 17.3 Å². The number of aromatic nitrogens is 2. The van der Waals surface area contributed by atoms with Crippen LogP contribution in [-0.4, -0.2) is 29.1 Å². The Hall–Kier alpha value is -3.67. The highest BCUT2D eigenvalue weighted by Crippen LogP contribution is 2.28. The molecular weight excluding hydrogens is 454 g/mol. The minimum absolute atomic E-state index is 0.0104. The summed E-state index contributed by atoms with van der Waals surface area (Å²) in [6.45, 7) is 0. The molecule has 0 atom stereocenters. The third-order valence-electron chi connectivity index (χ3n) is 5.94. The number of carbonyl (C=O) groups is 1. The van der Waals surface area contributed by atoms with Gasteiger partial charge in [0.05, 0.1) is 11.8 Å². The molecule has 34 heavy (non-hydrogen) atoms. The highest BCUT2D eigenvalue weighted by molar-refractivity contribution is 6.30. The van der Waals surface area contributed by atoms with E-state index in [1.54, 1.807) is 55.6 Å². The lowest BCUT2D eigenvalue weighted by Gasteiger charge is -2.26. The summed E-state index contributed by atoms with van der Waals surface area (Å²) in [7, 11) is 1.70. The van der Waals surface area contributed by atoms with E-state index in [1.165, 1.54) is 0 Å². The van der Waals surface area contributed by atoms with Gasteiger partial charge in [-0.2, -0.15) is 5.26 Å². The first-order valence-electron chi connectivity index (χ1n) is 11.0. The number of rotatable bonds is 6. The first-order valence-corrected chi connectivity index (χ1v) is 11.4. The number of nitrogens with zero attached hydrogens (tertiary/aromatic N) is 2. The van der Waals surface area contributed by atoms with E-state index in [1.807, 2.05) is 6.07 Å². The number of benzene rings is 2. The molecule has 0 radical (unpaired) electrons. The van der Waals surface area contributed by atoms with E-state index in [9.17, 15) is 14.9 Å². The number of carbonyl (C=O) groups excluding carboxylic acids is 1. The monoisotopic (exact) mass is 477 g/mol. The van der Waals surface area contributed by atoms with Crippen LogP contribution in [0.5, 0.6) is 0 Å². The Labute approximate surface area is 201 Å². The van der Waals surface area contributed by atoms with Crippen molar-refractivity contribution < 1.29 is 9.53 Å². The van der Waals surface area contributed by atoms with E-state index in [0.29, 0.717) is 22.0 Å². The second-order valence-electron chi connectivity index (χ2n) is 8.16. The fourth-order valence-electron chi connectivity index (χ4n) is 4.03. The molecule has 0 bridgehead atoms. The highest BCUT2D eigenvalue weighted by Gasteiger charge is 2.26. The van der Waals surface area contributed by atoms with Crippen molar-refractivity contribution in [3.05, 3.63) is 69.5 Å². The number of methoxy groups -OCH3 is 1. The lowest BCUT2D eigenvalue weighted by atomic mass is 9.87. The van der Waals surface area contributed by atoms with E-state index < -0.39 is 5.56 Å². The van der Waals surface area contributed by atoms with Crippen LogP contribution in [0, 0.1) is 17.2 Å². The number of anilines is 3. The molecule has 1 saturated carbocycles. The molecule has 9 heteroatoms. The molecule has 0 spiro atoms. The van der Waals surface area contributed by atoms with Crippen LogP contribution in [-0.2, 0) is 9.53 Å². The number of halogens is 1. The predicted molar refractivity (Wildman–Crippen MR) is 131 cm³/mol. The summed E-state index contributed by atoms with van der Waals surface area (Å²) in [5.41, 5.74) is 1.52. The maximum atomic E-state index is 12.6. The number of amides is 1. The standard InChI is InChI=1S/C25H24ClN5O3/c1-34-20-12-4-16(5-13-20)23(32)28-18-8-2-15(3-9-18)22-21(14-27)24(33)31-25(30-22)29-19-10-6-17(26)7-11-19/h2-3,6-11,16,20H,4-5,12-13H2,1H3,(H,28,32)(H2,29,30,31,33). The van der Waals surface area contributed by atoms with Crippen molar-refractivity contribution in [3.8, 4) is 17.3 Å². The first-order chi connectivity index (χ1) is 16.5. The second kappa shape index (κ2) is 10.5. The van der Waals surface area contributed by atoms with E-state index in [-0.39, 0.29) is 35.1 Å². The average Bonchev–Trinajstić information content (AvgIpc) is 2.85. The molecule has 1 fully saturated rings. The predicted octanol–water partition coefficient (Wildman–Crippen LogP) is 4.85. The normalized spacial score (nSPS) is 17.6. The molecule has 4 rings (SSSR count). The average molecular weight is 478 g/mol. The van der Waals surface area contributed by atoms with E-state index in [4.69, 9.17) is 16.3 Å². The Morgan fingerprint density at radius 1 is 1.09 bits per heavy atom. The van der Waals surface area contributed by atoms with Crippen molar-refractivity contribution in [3.63, 3.8) is 0 Å². The number of ether oxygens (including phenoxy) is 1. The van der Waals surface area contributed by atoms with Crippen LogP contribution in [0.1, 0.15) is 31.2 Å². The van der Waals surface area contributed by atoms with Crippen molar-refractivity contribution in [2.45, 2.75) is 31.8 Å². The topological polar surface area (TPSA) is 120 Å². The van der Waals surface area contributed by atoms with Gasteiger partial charge >= 0.3 is 0 Å². The van der Waals surface area contributed by atoms with Gasteiger partial charge in [-0.1, -0.05) is 23.7 Å². The van der Waals surface area contributed by atoms with Crippen LogP contribution < -0.4 is 16.2 Å². The summed E-state index contributed by atoms with van der Waals surface area (Å²) in [5.74, 6) is 0.154. The summed E-state index contributed by atoms with van der Waals surface area (Å²) in [6.07, 6.45) is 3.59. The molecule has 1 aliphatic rings. The maximum absolute atomic E-state index is 12.6. The van der Waals surface area contributed by atoms with Crippen molar-refractivity contribution in [1.82, 2.24) is 9.97 Å². The Balaban J connectivity index is 1.51. The van der Waals surface area contributed by atoms with Gasteiger partial charge in [-0.15, -0.1) is 0 Å². The van der Waals surface area contributed by atoms with E-state index >= 15 is 0 Å². The largest absolute Gasteiger partial charge is 0.381 e. The van der Waals surface area contributed by atoms with Crippen LogP contribution in [0.2, 0.25) is 5.02 Å². The number of aromatic amines is 1. The molecule has 3 aromatic rings.